The Labute approximate surface area is 111 Å². The molecule has 0 radical (unpaired) electrons. The quantitative estimate of drug-likeness (QED) is 0.848. The topological polar surface area (TPSA) is 49.8 Å². The monoisotopic (exact) mass is 269 g/mol. The molecular formula is C13H19NO3S. The first-order valence-electron chi connectivity index (χ1n) is 6.00. The van der Waals surface area contributed by atoms with Crippen LogP contribution in [0.1, 0.15) is 24.3 Å². The first-order valence-corrected chi connectivity index (χ1v) is 6.88. The van der Waals surface area contributed by atoms with E-state index >= 15 is 0 Å². The van der Waals surface area contributed by atoms with Gasteiger partial charge >= 0.3 is 5.97 Å². The van der Waals surface area contributed by atoms with Crippen LogP contribution >= 0.6 is 11.3 Å². The second kappa shape index (κ2) is 4.99. The summed E-state index contributed by atoms with van der Waals surface area (Å²) >= 11 is 1.66. The Hall–Kier alpha value is -0.910. The summed E-state index contributed by atoms with van der Waals surface area (Å²) in [7, 11) is 3.34. The third-order valence-electron chi connectivity index (χ3n) is 4.00. The molecule has 4 nitrogen and oxygen atoms in total. The number of likely N-dealkylation sites (tertiary alicyclic amines) is 1. The molecule has 0 saturated carbocycles. The number of nitrogens with zero attached hydrogens (tertiary/aromatic N) is 1. The van der Waals surface area contributed by atoms with Crippen molar-refractivity contribution in [1.82, 2.24) is 4.90 Å². The first kappa shape index (κ1) is 13.5. The van der Waals surface area contributed by atoms with Gasteiger partial charge < -0.3 is 9.84 Å². The molecular weight excluding hydrogens is 250 g/mol. The van der Waals surface area contributed by atoms with Crippen LogP contribution in [0.2, 0.25) is 0 Å². The first-order chi connectivity index (χ1) is 8.54. The van der Waals surface area contributed by atoms with Crippen molar-refractivity contribution in [2.45, 2.75) is 24.9 Å². The van der Waals surface area contributed by atoms with Crippen LogP contribution in [0, 0.1) is 5.92 Å². The summed E-state index contributed by atoms with van der Waals surface area (Å²) in [5.41, 5.74) is -0.656. The van der Waals surface area contributed by atoms with E-state index in [1.165, 1.54) is 12.0 Å². The normalized spacial score (nSPS) is 32.7. The SMILES string of the molecule is COC(=O)[C@@]1(C)C[C@H](CO)[C@H](c2cccs2)N1C. The van der Waals surface area contributed by atoms with Crippen molar-refractivity contribution in [3.63, 3.8) is 0 Å². The Bertz CT molecular complexity index is 420. The number of aliphatic hydroxyl groups is 1. The van der Waals surface area contributed by atoms with Crippen molar-refractivity contribution in [2.75, 3.05) is 20.8 Å². The number of hydrogen-bond donors (Lipinski definition) is 1. The second-order valence-corrected chi connectivity index (χ2v) is 5.96. The second-order valence-electron chi connectivity index (χ2n) is 4.98. The number of methoxy groups -OCH3 is 1. The molecule has 1 fully saturated rings. The summed E-state index contributed by atoms with van der Waals surface area (Å²) < 4.78 is 4.91. The van der Waals surface area contributed by atoms with Gasteiger partial charge in [-0.25, -0.2) is 0 Å². The number of hydrogen-bond acceptors (Lipinski definition) is 5. The maximum atomic E-state index is 12.0. The highest BCUT2D eigenvalue weighted by atomic mass is 32.1. The zero-order valence-corrected chi connectivity index (χ0v) is 11.7. The van der Waals surface area contributed by atoms with Crippen molar-refractivity contribution in [2.24, 2.45) is 5.92 Å². The van der Waals surface area contributed by atoms with Crippen molar-refractivity contribution in [1.29, 1.82) is 0 Å². The van der Waals surface area contributed by atoms with Crippen molar-refractivity contribution in [3.8, 4) is 0 Å². The number of ether oxygens (including phenoxy) is 1. The van der Waals surface area contributed by atoms with Crippen LogP contribution in [-0.2, 0) is 9.53 Å². The fourth-order valence-corrected chi connectivity index (χ4v) is 3.85. The van der Waals surface area contributed by atoms with E-state index in [1.807, 2.05) is 30.3 Å². The zero-order valence-electron chi connectivity index (χ0n) is 10.9. The molecule has 5 heteroatoms. The molecule has 1 aromatic rings. The maximum absolute atomic E-state index is 12.0. The highest BCUT2D eigenvalue weighted by molar-refractivity contribution is 7.10. The van der Waals surface area contributed by atoms with Gasteiger partial charge in [-0.1, -0.05) is 6.07 Å². The number of rotatable bonds is 3. The van der Waals surface area contributed by atoms with E-state index in [9.17, 15) is 9.90 Å². The number of esters is 1. The maximum Gasteiger partial charge on any atom is 0.326 e. The lowest BCUT2D eigenvalue weighted by atomic mass is 9.93. The van der Waals surface area contributed by atoms with Gasteiger partial charge in [0.15, 0.2) is 0 Å². The van der Waals surface area contributed by atoms with E-state index in [0.717, 1.165) is 0 Å². The van der Waals surface area contributed by atoms with Gasteiger partial charge in [-0.05, 0) is 31.8 Å². The zero-order chi connectivity index (χ0) is 13.3. The van der Waals surface area contributed by atoms with Crippen LogP contribution in [0.3, 0.4) is 0 Å². The fourth-order valence-electron chi connectivity index (χ4n) is 2.88. The molecule has 2 heterocycles. The molecule has 1 saturated heterocycles. The van der Waals surface area contributed by atoms with E-state index in [0.29, 0.717) is 6.42 Å². The smallest absolute Gasteiger partial charge is 0.326 e. The Kier molecular flexibility index (Phi) is 3.75. The molecule has 18 heavy (non-hydrogen) atoms. The van der Waals surface area contributed by atoms with Gasteiger partial charge in [0.2, 0.25) is 0 Å². The van der Waals surface area contributed by atoms with Crippen molar-refractivity contribution in [3.05, 3.63) is 22.4 Å². The number of likely N-dealkylation sites (N-methyl/N-ethyl adjacent to an activating group) is 1. The summed E-state index contributed by atoms with van der Waals surface area (Å²) in [4.78, 5) is 15.2. The highest BCUT2D eigenvalue weighted by Crippen LogP contribution is 2.46. The lowest BCUT2D eigenvalue weighted by Crippen LogP contribution is -2.47. The van der Waals surface area contributed by atoms with Gasteiger partial charge in [0.1, 0.15) is 5.54 Å². The van der Waals surface area contributed by atoms with Gasteiger partial charge in [-0.3, -0.25) is 9.69 Å². The lowest BCUT2D eigenvalue weighted by Gasteiger charge is -2.32. The molecule has 0 spiro atoms. The van der Waals surface area contributed by atoms with Gasteiger partial charge in [0.05, 0.1) is 7.11 Å². The molecule has 0 bridgehead atoms. The van der Waals surface area contributed by atoms with Crippen LogP contribution in [-0.4, -0.2) is 42.3 Å². The third kappa shape index (κ3) is 1.96. The van der Waals surface area contributed by atoms with E-state index in [2.05, 4.69) is 6.07 Å². The summed E-state index contributed by atoms with van der Waals surface area (Å²) in [6.07, 6.45) is 0.620. The Morgan fingerprint density at radius 3 is 2.94 bits per heavy atom. The van der Waals surface area contributed by atoms with Gasteiger partial charge in [-0.15, -0.1) is 11.3 Å². The van der Waals surface area contributed by atoms with E-state index < -0.39 is 5.54 Å². The predicted octanol–water partition coefficient (Wildman–Crippen LogP) is 1.66. The number of carbonyl (C=O) groups is 1. The van der Waals surface area contributed by atoms with Gasteiger partial charge in [0, 0.05) is 23.4 Å². The van der Waals surface area contributed by atoms with Gasteiger partial charge in [0.25, 0.3) is 0 Å². The van der Waals surface area contributed by atoms with Crippen molar-refractivity contribution < 1.29 is 14.6 Å². The van der Waals surface area contributed by atoms with E-state index in [-0.39, 0.29) is 24.5 Å². The number of carbonyl (C=O) groups excluding carboxylic acids is 1. The molecule has 1 aliphatic rings. The minimum atomic E-state index is -0.656. The minimum Gasteiger partial charge on any atom is -0.468 e. The molecule has 0 amide bonds. The summed E-state index contributed by atoms with van der Waals surface area (Å²) in [5.74, 6) is -0.166. The fraction of sp³-hybridized carbons (Fsp3) is 0.615. The molecule has 0 aromatic carbocycles. The molecule has 1 N–H and O–H groups in total. The Balaban J connectivity index is 2.34. The van der Waals surface area contributed by atoms with Crippen LogP contribution in [0.25, 0.3) is 0 Å². The molecule has 3 atom stereocenters. The van der Waals surface area contributed by atoms with Crippen LogP contribution < -0.4 is 0 Å². The average Bonchev–Trinajstić information content (AvgIpc) is 2.96. The number of thiophene rings is 1. The third-order valence-corrected chi connectivity index (χ3v) is 4.94. The summed E-state index contributed by atoms with van der Waals surface area (Å²) in [6, 6.07) is 4.13. The standard InChI is InChI=1S/C13H19NO3S/c1-13(12(16)17-3)7-9(8-15)11(14(13)2)10-5-4-6-18-10/h4-6,9,11,15H,7-8H2,1-3H3/t9-,11-,13-/m1/s1. The van der Waals surface area contributed by atoms with Crippen LogP contribution in [0.5, 0.6) is 0 Å². The van der Waals surface area contributed by atoms with Crippen LogP contribution in [0.15, 0.2) is 17.5 Å². The average molecular weight is 269 g/mol. The van der Waals surface area contributed by atoms with Gasteiger partial charge in [-0.2, -0.15) is 0 Å². The van der Waals surface area contributed by atoms with E-state index in [4.69, 9.17) is 4.74 Å². The molecule has 0 unspecified atom stereocenters. The molecule has 100 valence electrons. The number of aliphatic hydroxyl groups excluding tert-OH is 1. The minimum absolute atomic E-state index is 0.0674. The van der Waals surface area contributed by atoms with Crippen LogP contribution in [0.4, 0.5) is 0 Å². The molecule has 0 aliphatic carbocycles. The largest absolute Gasteiger partial charge is 0.468 e. The predicted molar refractivity (Wildman–Crippen MR) is 70.4 cm³/mol. The molecule has 2 rings (SSSR count). The highest BCUT2D eigenvalue weighted by Gasteiger charge is 2.52. The summed E-state index contributed by atoms with van der Waals surface area (Å²) in [5, 5.41) is 11.6. The van der Waals surface area contributed by atoms with E-state index in [1.54, 1.807) is 11.3 Å². The van der Waals surface area contributed by atoms with Crippen molar-refractivity contribution >= 4 is 17.3 Å². The molecule has 1 aliphatic heterocycles. The molecule has 1 aromatic heterocycles. The Morgan fingerprint density at radius 2 is 2.44 bits per heavy atom. The lowest BCUT2D eigenvalue weighted by molar-refractivity contribution is -0.152. The summed E-state index contributed by atoms with van der Waals surface area (Å²) in [6.45, 7) is 1.97. The Morgan fingerprint density at radius 1 is 1.72 bits per heavy atom.